The third-order valence-corrected chi connectivity index (χ3v) is 2.33. The second kappa shape index (κ2) is 6.01. The van der Waals surface area contributed by atoms with E-state index in [0.29, 0.717) is 25.4 Å². The Morgan fingerprint density at radius 3 is 2.69 bits per heavy atom. The number of nitrogens with zero attached hydrogens (tertiary/aromatic N) is 1. The van der Waals surface area contributed by atoms with Crippen LogP contribution in [0.5, 0.6) is 0 Å². The van der Waals surface area contributed by atoms with Crippen molar-refractivity contribution in [1.29, 1.82) is 0 Å². The fourth-order valence-electron chi connectivity index (χ4n) is 1.35. The van der Waals surface area contributed by atoms with Crippen LogP contribution in [0.2, 0.25) is 0 Å². The Labute approximate surface area is 94.8 Å². The molecule has 1 saturated carbocycles. The maximum Gasteiger partial charge on any atom is 0.323 e. The molecule has 0 radical (unpaired) electrons. The van der Waals surface area contributed by atoms with Crippen molar-refractivity contribution in [3.63, 3.8) is 0 Å². The topological polar surface area (TPSA) is 69.6 Å². The molecule has 1 aliphatic rings. The molecule has 88 valence electrons. The maximum absolute atomic E-state index is 11.6. The van der Waals surface area contributed by atoms with Crippen molar-refractivity contribution in [2.75, 3.05) is 19.6 Å². The summed E-state index contributed by atoms with van der Waals surface area (Å²) in [5.74, 6) is 1.88. The third-order valence-electron chi connectivity index (χ3n) is 2.33. The van der Waals surface area contributed by atoms with Gasteiger partial charge in [0.15, 0.2) is 0 Å². The third kappa shape index (κ3) is 4.69. The first-order chi connectivity index (χ1) is 7.63. The molecule has 0 spiro atoms. The van der Waals surface area contributed by atoms with Gasteiger partial charge in [-0.2, -0.15) is 0 Å². The number of terminal acetylenes is 1. The standard InChI is InChI=1S/C11H16N2O3/c1-2-3-6-12-11(16)13(8-10(14)15)7-9-4-5-9/h1,9H,3-8H2,(H,12,16)(H,14,15). The largest absolute Gasteiger partial charge is 0.480 e. The van der Waals surface area contributed by atoms with E-state index in [9.17, 15) is 9.59 Å². The van der Waals surface area contributed by atoms with Gasteiger partial charge in [0.1, 0.15) is 6.54 Å². The van der Waals surface area contributed by atoms with Crippen LogP contribution in [-0.2, 0) is 4.79 Å². The van der Waals surface area contributed by atoms with Gasteiger partial charge in [-0.15, -0.1) is 12.3 Å². The fraction of sp³-hybridized carbons (Fsp3) is 0.636. The van der Waals surface area contributed by atoms with Gasteiger partial charge in [0.2, 0.25) is 0 Å². The molecule has 0 aromatic carbocycles. The van der Waals surface area contributed by atoms with E-state index >= 15 is 0 Å². The molecule has 0 heterocycles. The van der Waals surface area contributed by atoms with E-state index < -0.39 is 5.97 Å². The highest BCUT2D eigenvalue weighted by atomic mass is 16.4. The summed E-state index contributed by atoms with van der Waals surface area (Å²) in [4.78, 5) is 23.5. The van der Waals surface area contributed by atoms with Crippen LogP contribution >= 0.6 is 0 Å². The SMILES string of the molecule is C#CCCNC(=O)N(CC(=O)O)CC1CC1. The summed E-state index contributed by atoms with van der Waals surface area (Å²) in [7, 11) is 0. The molecular formula is C11H16N2O3. The first kappa shape index (κ1) is 12.4. The van der Waals surface area contributed by atoms with Crippen molar-refractivity contribution < 1.29 is 14.7 Å². The number of nitrogens with one attached hydrogen (secondary N) is 1. The maximum atomic E-state index is 11.6. The van der Waals surface area contributed by atoms with Gasteiger partial charge in [0.05, 0.1) is 0 Å². The van der Waals surface area contributed by atoms with Crippen LogP contribution in [0.1, 0.15) is 19.3 Å². The van der Waals surface area contributed by atoms with Crippen molar-refractivity contribution >= 4 is 12.0 Å². The zero-order valence-electron chi connectivity index (χ0n) is 9.11. The molecule has 0 atom stereocenters. The minimum atomic E-state index is -0.993. The average molecular weight is 224 g/mol. The van der Waals surface area contributed by atoms with Gasteiger partial charge >= 0.3 is 12.0 Å². The molecule has 5 heteroatoms. The summed E-state index contributed by atoms with van der Waals surface area (Å²) >= 11 is 0. The highest BCUT2D eigenvalue weighted by molar-refractivity contribution is 5.80. The molecule has 0 saturated heterocycles. The number of carboxylic acids is 1. The highest BCUT2D eigenvalue weighted by Gasteiger charge is 2.27. The Hall–Kier alpha value is -1.70. The van der Waals surface area contributed by atoms with E-state index in [2.05, 4.69) is 11.2 Å². The second-order valence-corrected chi connectivity index (χ2v) is 3.90. The summed E-state index contributed by atoms with van der Waals surface area (Å²) in [6.45, 7) is 0.655. The van der Waals surface area contributed by atoms with Gasteiger partial charge in [-0.1, -0.05) is 0 Å². The molecular weight excluding hydrogens is 208 g/mol. The van der Waals surface area contributed by atoms with Crippen LogP contribution in [0.15, 0.2) is 0 Å². The molecule has 0 unspecified atom stereocenters. The summed E-state index contributed by atoms with van der Waals surface area (Å²) in [5, 5.41) is 11.3. The van der Waals surface area contributed by atoms with E-state index in [-0.39, 0.29) is 12.6 Å². The minimum Gasteiger partial charge on any atom is -0.480 e. The van der Waals surface area contributed by atoms with Gasteiger partial charge in [-0.25, -0.2) is 4.79 Å². The van der Waals surface area contributed by atoms with Crippen molar-refractivity contribution in [2.45, 2.75) is 19.3 Å². The first-order valence-electron chi connectivity index (χ1n) is 5.31. The van der Waals surface area contributed by atoms with Crippen LogP contribution in [0.3, 0.4) is 0 Å². The average Bonchev–Trinajstić information content (AvgIpc) is 3.00. The number of carboxylic acid groups (broad SMARTS) is 1. The lowest BCUT2D eigenvalue weighted by atomic mass is 10.3. The lowest BCUT2D eigenvalue weighted by Crippen LogP contribution is -2.44. The normalized spacial score (nSPS) is 13.9. The summed E-state index contributed by atoms with van der Waals surface area (Å²) in [6, 6.07) is -0.343. The van der Waals surface area contributed by atoms with Crippen molar-refractivity contribution in [3.8, 4) is 12.3 Å². The molecule has 0 aliphatic heterocycles. The number of urea groups is 1. The summed E-state index contributed by atoms with van der Waals surface area (Å²) in [5.41, 5.74) is 0. The van der Waals surface area contributed by atoms with E-state index in [4.69, 9.17) is 11.5 Å². The van der Waals surface area contributed by atoms with Gasteiger partial charge < -0.3 is 15.3 Å². The number of aliphatic carboxylic acids is 1. The number of rotatable bonds is 6. The quantitative estimate of drug-likeness (QED) is 0.510. The fourth-order valence-corrected chi connectivity index (χ4v) is 1.35. The lowest BCUT2D eigenvalue weighted by Gasteiger charge is -2.20. The van der Waals surface area contributed by atoms with Gasteiger partial charge in [-0.3, -0.25) is 4.79 Å². The minimum absolute atomic E-state index is 0.252. The number of hydrogen-bond acceptors (Lipinski definition) is 2. The number of carbonyl (C=O) groups is 2. The summed E-state index contributed by atoms with van der Waals surface area (Å²) < 4.78 is 0. The molecule has 1 fully saturated rings. The van der Waals surface area contributed by atoms with Crippen LogP contribution in [0.4, 0.5) is 4.79 Å². The molecule has 1 aliphatic carbocycles. The molecule has 16 heavy (non-hydrogen) atoms. The van der Waals surface area contributed by atoms with Crippen molar-refractivity contribution in [2.24, 2.45) is 5.92 Å². The van der Waals surface area contributed by atoms with Crippen LogP contribution in [0, 0.1) is 18.3 Å². The molecule has 0 aromatic heterocycles. The van der Waals surface area contributed by atoms with E-state index in [1.165, 1.54) is 4.90 Å². The van der Waals surface area contributed by atoms with Gasteiger partial charge in [0, 0.05) is 19.5 Å². The zero-order chi connectivity index (χ0) is 12.0. The molecule has 2 N–H and O–H groups in total. The second-order valence-electron chi connectivity index (χ2n) is 3.90. The molecule has 2 amide bonds. The van der Waals surface area contributed by atoms with Gasteiger partial charge in [0.25, 0.3) is 0 Å². The molecule has 0 bridgehead atoms. The number of hydrogen-bond donors (Lipinski definition) is 2. The Kier molecular flexibility index (Phi) is 4.65. The van der Waals surface area contributed by atoms with Gasteiger partial charge in [-0.05, 0) is 18.8 Å². The van der Waals surface area contributed by atoms with Crippen LogP contribution < -0.4 is 5.32 Å². The van der Waals surface area contributed by atoms with Crippen LogP contribution in [-0.4, -0.2) is 41.6 Å². The first-order valence-corrected chi connectivity index (χ1v) is 5.31. The monoisotopic (exact) mass is 224 g/mol. The predicted molar refractivity (Wildman–Crippen MR) is 58.8 cm³/mol. The Morgan fingerprint density at radius 1 is 1.50 bits per heavy atom. The van der Waals surface area contributed by atoms with E-state index in [0.717, 1.165) is 12.8 Å². The predicted octanol–water partition coefficient (Wildman–Crippen LogP) is 0.516. The van der Waals surface area contributed by atoms with Crippen molar-refractivity contribution in [1.82, 2.24) is 10.2 Å². The zero-order valence-corrected chi connectivity index (χ0v) is 9.11. The van der Waals surface area contributed by atoms with E-state index in [1.807, 2.05) is 0 Å². The Morgan fingerprint density at radius 2 is 2.19 bits per heavy atom. The lowest BCUT2D eigenvalue weighted by molar-refractivity contribution is -0.137. The number of amides is 2. The number of carbonyl (C=O) groups excluding carboxylic acids is 1. The highest BCUT2D eigenvalue weighted by Crippen LogP contribution is 2.29. The van der Waals surface area contributed by atoms with E-state index in [1.54, 1.807) is 0 Å². The molecule has 1 rings (SSSR count). The Bertz CT molecular complexity index is 305. The Balaban J connectivity index is 2.36. The van der Waals surface area contributed by atoms with Crippen LogP contribution in [0.25, 0.3) is 0 Å². The molecule has 0 aromatic rings. The summed E-state index contributed by atoms with van der Waals surface area (Å²) in [6.07, 6.45) is 7.66. The van der Waals surface area contributed by atoms with Crippen molar-refractivity contribution in [3.05, 3.63) is 0 Å². The molecule has 5 nitrogen and oxygen atoms in total. The smallest absolute Gasteiger partial charge is 0.323 e.